The number of amides is 1. The van der Waals surface area contributed by atoms with Gasteiger partial charge in [-0.05, 0) is 44.2 Å². The van der Waals surface area contributed by atoms with Gasteiger partial charge in [-0.2, -0.15) is 0 Å². The summed E-state index contributed by atoms with van der Waals surface area (Å²) in [6.45, 7) is 3.53. The summed E-state index contributed by atoms with van der Waals surface area (Å²) in [4.78, 5) is 12.5. The van der Waals surface area contributed by atoms with Crippen LogP contribution in [0.25, 0.3) is 0 Å². The Morgan fingerprint density at radius 1 is 1.07 bits per heavy atom. The van der Waals surface area contributed by atoms with Crippen LogP contribution >= 0.6 is 0 Å². The zero-order valence-corrected chi connectivity index (χ0v) is 17.5. The summed E-state index contributed by atoms with van der Waals surface area (Å²) >= 11 is 0. The fourth-order valence-electron chi connectivity index (χ4n) is 2.62. The molecule has 2 atom stereocenters. The van der Waals surface area contributed by atoms with Crippen LogP contribution in [0.5, 0.6) is 11.5 Å². The molecule has 0 spiro atoms. The first-order valence-corrected chi connectivity index (χ1v) is 10.6. The molecule has 0 saturated heterocycles. The average Bonchev–Trinajstić information content (AvgIpc) is 2.67. The van der Waals surface area contributed by atoms with Crippen molar-refractivity contribution < 1.29 is 22.7 Å². The third kappa shape index (κ3) is 5.39. The van der Waals surface area contributed by atoms with Crippen LogP contribution in [0.3, 0.4) is 0 Å². The third-order valence-corrected chi connectivity index (χ3v) is 5.55. The van der Waals surface area contributed by atoms with Gasteiger partial charge in [0.1, 0.15) is 11.5 Å². The summed E-state index contributed by atoms with van der Waals surface area (Å²) in [5, 5.41) is 2.91. The highest BCUT2D eigenvalue weighted by Gasteiger charge is 2.20. The number of para-hydroxylation sites is 1. The number of hydrogen-bond acceptors (Lipinski definition) is 5. The molecule has 0 aliphatic heterocycles. The number of methoxy groups -OCH3 is 1. The van der Waals surface area contributed by atoms with E-state index in [1.165, 1.54) is 11.4 Å². The summed E-state index contributed by atoms with van der Waals surface area (Å²) in [5.41, 5.74) is 1.38. The first-order valence-electron chi connectivity index (χ1n) is 8.77. The van der Waals surface area contributed by atoms with Gasteiger partial charge in [-0.15, -0.1) is 0 Å². The number of carbonyl (C=O) groups excluding carboxylic acids is 1. The molecule has 1 amide bonds. The van der Waals surface area contributed by atoms with Crippen molar-refractivity contribution in [3.63, 3.8) is 0 Å². The van der Waals surface area contributed by atoms with Crippen LogP contribution in [0.1, 0.15) is 25.5 Å². The van der Waals surface area contributed by atoms with Gasteiger partial charge in [0.15, 0.2) is 6.10 Å². The minimum Gasteiger partial charge on any atom is -0.496 e. The monoisotopic (exact) mass is 406 g/mol. The average molecular weight is 407 g/mol. The molecule has 152 valence electrons. The van der Waals surface area contributed by atoms with Crippen LogP contribution in [0, 0.1) is 0 Å². The van der Waals surface area contributed by atoms with Gasteiger partial charge in [0.2, 0.25) is 10.0 Å². The van der Waals surface area contributed by atoms with Gasteiger partial charge in [0, 0.05) is 12.6 Å². The first-order chi connectivity index (χ1) is 13.1. The highest BCUT2D eigenvalue weighted by Crippen LogP contribution is 2.25. The molecule has 0 heterocycles. The van der Waals surface area contributed by atoms with Crippen molar-refractivity contribution in [3.8, 4) is 11.5 Å². The van der Waals surface area contributed by atoms with Crippen molar-refractivity contribution in [2.75, 3.05) is 24.7 Å². The number of nitrogens with zero attached hydrogens (tertiary/aromatic N) is 1. The minimum absolute atomic E-state index is 0.250. The number of ether oxygens (including phenoxy) is 2. The smallest absolute Gasteiger partial charge is 0.261 e. The molecule has 2 aromatic rings. The second-order valence-corrected chi connectivity index (χ2v) is 8.47. The molecule has 1 N–H and O–H groups in total. The number of hydrogen-bond donors (Lipinski definition) is 1. The van der Waals surface area contributed by atoms with Gasteiger partial charge in [-0.1, -0.05) is 18.2 Å². The maximum atomic E-state index is 12.5. The number of benzene rings is 2. The Kier molecular flexibility index (Phi) is 6.90. The highest BCUT2D eigenvalue weighted by molar-refractivity contribution is 7.92. The van der Waals surface area contributed by atoms with Gasteiger partial charge in [0.25, 0.3) is 5.91 Å². The number of sulfonamides is 1. The Labute approximate surface area is 166 Å². The Bertz CT molecular complexity index is 912. The van der Waals surface area contributed by atoms with Crippen LogP contribution in [0.2, 0.25) is 0 Å². The fourth-order valence-corrected chi connectivity index (χ4v) is 3.12. The molecular weight excluding hydrogens is 380 g/mol. The molecule has 8 heteroatoms. The number of carbonyl (C=O) groups is 1. The predicted molar refractivity (Wildman–Crippen MR) is 109 cm³/mol. The molecule has 0 radical (unpaired) electrons. The molecule has 28 heavy (non-hydrogen) atoms. The van der Waals surface area contributed by atoms with E-state index in [-0.39, 0.29) is 11.9 Å². The maximum absolute atomic E-state index is 12.5. The summed E-state index contributed by atoms with van der Waals surface area (Å²) in [7, 11) is -0.273. The van der Waals surface area contributed by atoms with E-state index in [1.807, 2.05) is 31.2 Å². The van der Waals surface area contributed by atoms with E-state index in [9.17, 15) is 13.2 Å². The SMILES string of the molecule is COc1ccccc1[C@@H](C)NC(=O)[C@H](C)Oc1ccc(N(C)S(C)(=O)=O)cc1. The molecule has 2 rings (SSSR count). The summed E-state index contributed by atoms with van der Waals surface area (Å²) in [6.07, 6.45) is 0.405. The molecular formula is C20H26N2O5S. The third-order valence-electron chi connectivity index (χ3n) is 4.34. The normalized spacial score (nSPS) is 13.3. The molecule has 0 aliphatic carbocycles. The lowest BCUT2D eigenvalue weighted by molar-refractivity contribution is -0.127. The van der Waals surface area contributed by atoms with E-state index in [2.05, 4.69) is 5.32 Å². The quantitative estimate of drug-likeness (QED) is 0.729. The second-order valence-electron chi connectivity index (χ2n) is 6.46. The van der Waals surface area contributed by atoms with Crippen molar-refractivity contribution in [1.82, 2.24) is 5.32 Å². The van der Waals surface area contributed by atoms with Crippen molar-refractivity contribution in [3.05, 3.63) is 54.1 Å². The van der Waals surface area contributed by atoms with Gasteiger partial charge in [-0.3, -0.25) is 9.10 Å². The zero-order valence-electron chi connectivity index (χ0n) is 16.7. The largest absolute Gasteiger partial charge is 0.496 e. The van der Waals surface area contributed by atoms with E-state index in [4.69, 9.17) is 9.47 Å². The Morgan fingerprint density at radius 3 is 2.25 bits per heavy atom. The lowest BCUT2D eigenvalue weighted by atomic mass is 10.1. The summed E-state index contributed by atoms with van der Waals surface area (Å²) < 4.78 is 35.3. The maximum Gasteiger partial charge on any atom is 0.261 e. The Morgan fingerprint density at radius 2 is 1.68 bits per heavy atom. The fraction of sp³-hybridized carbons (Fsp3) is 0.350. The highest BCUT2D eigenvalue weighted by atomic mass is 32.2. The van der Waals surface area contributed by atoms with Gasteiger partial charge in [0.05, 0.1) is 25.1 Å². The van der Waals surface area contributed by atoms with Crippen molar-refractivity contribution in [1.29, 1.82) is 0 Å². The second kappa shape index (κ2) is 8.97. The lowest BCUT2D eigenvalue weighted by Crippen LogP contribution is -2.37. The van der Waals surface area contributed by atoms with Gasteiger partial charge in [-0.25, -0.2) is 8.42 Å². The van der Waals surface area contributed by atoms with Crippen LogP contribution < -0.4 is 19.1 Å². The predicted octanol–water partition coefficient (Wildman–Crippen LogP) is 2.74. The number of nitrogens with one attached hydrogen (secondary N) is 1. The topological polar surface area (TPSA) is 84.9 Å². The molecule has 0 aromatic heterocycles. The molecule has 0 bridgehead atoms. The van der Waals surface area contributed by atoms with Crippen molar-refractivity contribution >= 4 is 21.6 Å². The van der Waals surface area contributed by atoms with Gasteiger partial charge >= 0.3 is 0 Å². The zero-order chi connectivity index (χ0) is 20.9. The molecule has 0 aliphatic rings. The van der Waals surface area contributed by atoms with E-state index in [0.29, 0.717) is 17.2 Å². The molecule has 0 fully saturated rings. The van der Waals surface area contributed by atoms with Crippen LogP contribution in [0.15, 0.2) is 48.5 Å². The lowest BCUT2D eigenvalue weighted by Gasteiger charge is -2.21. The molecule has 7 nitrogen and oxygen atoms in total. The van der Waals surface area contributed by atoms with E-state index in [1.54, 1.807) is 38.3 Å². The van der Waals surface area contributed by atoms with Gasteiger partial charge < -0.3 is 14.8 Å². The van der Waals surface area contributed by atoms with Crippen LogP contribution in [0.4, 0.5) is 5.69 Å². The van der Waals surface area contributed by atoms with Crippen LogP contribution in [-0.2, 0) is 14.8 Å². The molecule has 2 aromatic carbocycles. The van der Waals surface area contributed by atoms with E-state index < -0.39 is 16.1 Å². The van der Waals surface area contributed by atoms with Crippen molar-refractivity contribution in [2.45, 2.75) is 26.0 Å². The van der Waals surface area contributed by atoms with Crippen LogP contribution in [-0.4, -0.2) is 40.8 Å². The number of rotatable bonds is 8. The Hall–Kier alpha value is -2.74. The van der Waals surface area contributed by atoms with E-state index >= 15 is 0 Å². The summed E-state index contributed by atoms with van der Waals surface area (Å²) in [5.74, 6) is 0.906. The summed E-state index contributed by atoms with van der Waals surface area (Å²) in [6, 6.07) is 13.7. The standard InChI is InChI=1S/C20H26N2O5S/c1-14(18-8-6-7-9-19(18)26-4)21-20(23)15(2)27-17-12-10-16(11-13-17)22(3)28(5,24)25/h6-15H,1-5H3,(H,21,23)/t14-,15+/m1/s1. The first kappa shape index (κ1) is 21.6. The minimum atomic E-state index is -3.33. The van der Waals surface area contributed by atoms with Crippen molar-refractivity contribution in [2.24, 2.45) is 0 Å². The molecule has 0 saturated carbocycles. The number of anilines is 1. The Balaban J connectivity index is 2.00. The molecule has 0 unspecified atom stereocenters. The van der Waals surface area contributed by atoms with E-state index in [0.717, 1.165) is 11.8 Å².